The predicted molar refractivity (Wildman–Crippen MR) is 153 cm³/mol. The quantitative estimate of drug-likeness (QED) is 0.314. The Bertz CT molecular complexity index is 1280. The minimum atomic E-state index is -0.283. The highest BCUT2D eigenvalue weighted by molar-refractivity contribution is 6.07. The molecule has 2 N–H and O–H groups in total. The fraction of sp³-hybridized carbons (Fsp3) is 0.344. The van der Waals surface area contributed by atoms with E-state index in [0.29, 0.717) is 28.9 Å². The van der Waals surface area contributed by atoms with Crippen molar-refractivity contribution >= 4 is 23.1 Å². The standard InChI is InChI=1S/C32H39N3O2/c1-10-23(30(37)35-27-16-22(19-33)15-26(18-27)32(7,8)9)17-28(21(2)3)24-11-13-25(14-12-24)29(36)34-20-31(4,5)6/h10-18H,2,20H2,1,3-9H3,(H,34,36)(H,35,37)/b23-10+,28-17+. The molecule has 0 spiro atoms. The number of hydrogen-bond donors (Lipinski definition) is 2. The Kier molecular flexibility index (Phi) is 9.42. The number of hydrogen-bond acceptors (Lipinski definition) is 3. The summed E-state index contributed by atoms with van der Waals surface area (Å²) in [5, 5.41) is 15.3. The second kappa shape index (κ2) is 11.9. The van der Waals surface area contributed by atoms with Crippen molar-refractivity contribution in [1.82, 2.24) is 5.32 Å². The highest BCUT2D eigenvalue weighted by atomic mass is 16.2. The molecule has 5 heteroatoms. The van der Waals surface area contributed by atoms with E-state index in [1.165, 1.54) is 0 Å². The lowest BCUT2D eigenvalue weighted by molar-refractivity contribution is -0.112. The van der Waals surface area contributed by atoms with Crippen molar-refractivity contribution in [2.45, 2.75) is 60.8 Å². The van der Waals surface area contributed by atoms with E-state index in [4.69, 9.17) is 0 Å². The molecule has 2 aromatic rings. The van der Waals surface area contributed by atoms with E-state index in [9.17, 15) is 14.9 Å². The minimum Gasteiger partial charge on any atom is -0.352 e. The summed E-state index contributed by atoms with van der Waals surface area (Å²) in [6.45, 7) is 20.8. The molecular formula is C32H39N3O2. The molecule has 0 saturated heterocycles. The van der Waals surface area contributed by atoms with Crippen LogP contribution in [0.1, 0.15) is 82.4 Å². The molecule has 0 unspecified atom stereocenters. The highest BCUT2D eigenvalue weighted by Gasteiger charge is 2.18. The van der Waals surface area contributed by atoms with Gasteiger partial charge in [-0.25, -0.2) is 0 Å². The van der Waals surface area contributed by atoms with E-state index >= 15 is 0 Å². The fourth-order valence-electron chi connectivity index (χ4n) is 3.54. The molecule has 0 heterocycles. The van der Waals surface area contributed by atoms with Gasteiger partial charge in [-0.1, -0.05) is 71.9 Å². The van der Waals surface area contributed by atoms with Gasteiger partial charge in [0.25, 0.3) is 11.8 Å². The smallest absolute Gasteiger partial charge is 0.255 e. The Balaban J connectivity index is 2.31. The maximum absolute atomic E-state index is 13.2. The third-order valence-corrected chi connectivity index (χ3v) is 5.76. The zero-order valence-corrected chi connectivity index (χ0v) is 23.4. The molecule has 0 aliphatic rings. The van der Waals surface area contributed by atoms with Gasteiger partial charge in [-0.2, -0.15) is 5.26 Å². The predicted octanol–water partition coefficient (Wildman–Crippen LogP) is 7.18. The molecule has 2 amide bonds. The van der Waals surface area contributed by atoms with Crippen LogP contribution in [-0.4, -0.2) is 18.4 Å². The Hall–Kier alpha value is -3.91. The zero-order valence-electron chi connectivity index (χ0n) is 23.4. The van der Waals surface area contributed by atoms with Gasteiger partial charge < -0.3 is 10.6 Å². The summed E-state index contributed by atoms with van der Waals surface area (Å²) in [5.41, 5.74) is 5.35. The van der Waals surface area contributed by atoms with Crippen LogP contribution in [0.25, 0.3) is 5.57 Å². The molecule has 2 rings (SSSR count). The maximum atomic E-state index is 13.2. The number of nitrogens with zero attached hydrogens (tertiary/aromatic N) is 1. The van der Waals surface area contributed by atoms with Gasteiger partial charge in [-0.05, 0) is 77.8 Å². The number of carbonyl (C=O) groups is 2. The fourth-order valence-corrected chi connectivity index (χ4v) is 3.54. The van der Waals surface area contributed by atoms with Crippen LogP contribution < -0.4 is 10.6 Å². The van der Waals surface area contributed by atoms with Gasteiger partial charge >= 0.3 is 0 Å². The Morgan fingerprint density at radius 1 is 1.00 bits per heavy atom. The van der Waals surface area contributed by atoms with Crippen LogP contribution in [0, 0.1) is 16.7 Å². The molecule has 0 aliphatic heterocycles. The molecule has 0 aliphatic carbocycles. The van der Waals surface area contributed by atoms with Crippen molar-refractivity contribution < 1.29 is 9.59 Å². The number of benzene rings is 2. The Morgan fingerprint density at radius 3 is 2.08 bits per heavy atom. The van der Waals surface area contributed by atoms with E-state index in [1.54, 1.807) is 37.3 Å². The monoisotopic (exact) mass is 497 g/mol. The van der Waals surface area contributed by atoms with Crippen molar-refractivity contribution in [3.63, 3.8) is 0 Å². The second-order valence-electron chi connectivity index (χ2n) is 11.5. The van der Waals surface area contributed by atoms with Gasteiger partial charge in [0.05, 0.1) is 11.6 Å². The van der Waals surface area contributed by atoms with Crippen LogP contribution >= 0.6 is 0 Å². The van der Waals surface area contributed by atoms with Gasteiger partial charge in [-0.15, -0.1) is 0 Å². The van der Waals surface area contributed by atoms with Crippen molar-refractivity contribution in [3.8, 4) is 6.07 Å². The number of rotatable bonds is 7. The third-order valence-electron chi connectivity index (χ3n) is 5.76. The number of amides is 2. The highest BCUT2D eigenvalue weighted by Crippen LogP contribution is 2.28. The first-order valence-electron chi connectivity index (χ1n) is 12.4. The lowest BCUT2D eigenvalue weighted by atomic mass is 9.86. The SMILES string of the molecule is C=C(C)/C(=C\C(=C/C)C(=O)Nc1cc(C#N)cc(C(C)(C)C)c1)c1ccc(C(=O)NCC(C)(C)C)cc1. The van der Waals surface area contributed by atoms with Crippen molar-refractivity contribution in [2.24, 2.45) is 5.41 Å². The van der Waals surface area contributed by atoms with E-state index in [2.05, 4.69) is 64.8 Å². The van der Waals surface area contributed by atoms with Crippen LogP contribution in [0.2, 0.25) is 0 Å². The third kappa shape index (κ3) is 8.61. The molecule has 0 fully saturated rings. The summed E-state index contributed by atoms with van der Waals surface area (Å²) in [5.74, 6) is -0.403. The van der Waals surface area contributed by atoms with Crippen LogP contribution in [-0.2, 0) is 10.2 Å². The van der Waals surface area contributed by atoms with Crippen molar-refractivity contribution in [1.29, 1.82) is 5.26 Å². The van der Waals surface area contributed by atoms with Crippen LogP contribution in [0.3, 0.4) is 0 Å². The largest absolute Gasteiger partial charge is 0.352 e. The van der Waals surface area contributed by atoms with Crippen LogP contribution in [0.15, 0.2) is 72.3 Å². The number of carbonyl (C=O) groups excluding carboxylic acids is 2. The molecule has 0 bridgehead atoms. The first kappa shape index (κ1) is 29.3. The first-order valence-corrected chi connectivity index (χ1v) is 12.4. The maximum Gasteiger partial charge on any atom is 0.255 e. The van der Waals surface area contributed by atoms with Crippen LogP contribution in [0.4, 0.5) is 5.69 Å². The van der Waals surface area contributed by atoms with Crippen LogP contribution in [0.5, 0.6) is 0 Å². The molecule has 0 aromatic heterocycles. The number of anilines is 1. The molecule has 194 valence electrons. The summed E-state index contributed by atoms with van der Waals surface area (Å²) in [7, 11) is 0. The normalized spacial score (nSPS) is 12.5. The summed E-state index contributed by atoms with van der Waals surface area (Å²) in [4.78, 5) is 25.7. The summed E-state index contributed by atoms with van der Waals surface area (Å²) in [6.07, 6.45) is 3.54. The number of allylic oxidation sites excluding steroid dienone is 3. The lowest BCUT2D eigenvalue weighted by Crippen LogP contribution is -2.32. The molecule has 0 saturated carbocycles. The van der Waals surface area contributed by atoms with E-state index < -0.39 is 0 Å². The minimum absolute atomic E-state index is 0.000835. The van der Waals surface area contributed by atoms with Gasteiger partial charge in [0.2, 0.25) is 0 Å². The second-order valence-corrected chi connectivity index (χ2v) is 11.5. The molecule has 5 nitrogen and oxygen atoms in total. The Labute approximate surface area is 222 Å². The summed E-state index contributed by atoms with van der Waals surface area (Å²) in [6, 6.07) is 14.9. The van der Waals surface area contributed by atoms with Gasteiger partial charge in [0, 0.05) is 23.4 Å². The Morgan fingerprint density at radius 2 is 1.59 bits per heavy atom. The first-order chi connectivity index (χ1) is 17.1. The average Bonchev–Trinajstić information content (AvgIpc) is 2.81. The molecule has 0 radical (unpaired) electrons. The number of nitrogens with one attached hydrogen (secondary N) is 2. The summed E-state index contributed by atoms with van der Waals surface area (Å²) < 4.78 is 0. The van der Waals surface area contributed by atoms with Gasteiger partial charge in [0.15, 0.2) is 0 Å². The van der Waals surface area contributed by atoms with Gasteiger partial charge in [-0.3, -0.25) is 9.59 Å². The van der Waals surface area contributed by atoms with Gasteiger partial charge in [0.1, 0.15) is 0 Å². The molecule has 37 heavy (non-hydrogen) atoms. The topological polar surface area (TPSA) is 82.0 Å². The van der Waals surface area contributed by atoms with E-state index in [-0.39, 0.29) is 22.6 Å². The summed E-state index contributed by atoms with van der Waals surface area (Å²) >= 11 is 0. The average molecular weight is 498 g/mol. The molecule has 0 atom stereocenters. The number of nitriles is 1. The molecule has 2 aromatic carbocycles. The lowest BCUT2D eigenvalue weighted by Gasteiger charge is -2.20. The van der Waals surface area contributed by atoms with Crippen molar-refractivity contribution in [3.05, 3.63) is 94.6 Å². The zero-order chi connectivity index (χ0) is 28.0. The van der Waals surface area contributed by atoms with Crippen molar-refractivity contribution in [2.75, 3.05) is 11.9 Å². The van der Waals surface area contributed by atoms with E-state index in [0.717, 1.165) is 22.3 Å². The molecular weight excluding hydrogens is 458 g/mol. The van der Waals surface area contributed by atoms with E-state index in [1.807, 2.05) is 31.2 Å².